The monoisotopic (exact) mass is 139 g/mol. The Labute approximate surface area is 64.0 Å². The van der Waals surface area contributed by atoms with Crippen molar-refractivity contribution >= 4 is 0 Å². The summed E-state index contributed by atoms with van der Waals surface area (Å²) in [6.45, 7) is 8.39. The lowest BCUT2D eigenvalue weighted by atomic mass is 10.3. The smallest absolute Gasteiger partial charge is 0.0273 e. The van der Waals surface area contributed by atoms with Crippen molar-refractivity contribution in [2.75, 3.05) is 0 Å². The summed E-state index contributed by atoms with van der Waals surface area (Å²) in [7, 11) is 0. The molecule has 1 heteroatoms. The summed E-state index contributed by atoms with van der Waals surface area (Å²) in [5, 5.41) is 0. The molecule has 0 heterocycles. The second-order valence-electron chi connectivity index (χ2n) is 2.51. The molecule has 0 atom stereocenters. The van der Waals surface area contributed by atoms with Gasteiger partial charge in [-0.3, -0.25) is 0 Å². The molecule has 0 spiro atoms. The van der Waals surface area contributed by atoms with Crippen LogP contribution in [0.5, 0.6) is 0 Å². The van der Waals surface area contributed by atoms with Gasteiger partial charge in [0.1, 0.15) is 0 Å². The Balaban J connectivity index is 3.98. The minimum absolute atomic E-state index is 0.549. The highest BCUT2D eigenvalue weighted by atomic mass is 15.1. The molecule has 0 aromatic carbocycles. The topological polar surface area (TPSA) is 3.24 Å². The molecule has 0 rings (SSSR count). The van der Waals surface area contributed by atoms with E-state index in [1.807, 2.05) is 26.0 Å². The van der Waals surface area contributed by atoms with Crippen molar-refractivity contribution in [2.45, 2.75) is 33.7 Å². The van der Waals surface area contributed by atoms with Crippen LogP contribution in [0.3, 0.4) is 0 Å². The fourth-order valence-corrected chi connectivity index (χ4v) is 0.738. The van der Waals surface area contributed by atoms with E-state index in [-0.39, 0.29) is 0 Å². The van der Waals surface area contributed by atoms with Crippen LogP contribution in [0.2, 0.25) is 0 Å². The zero-order chi connectivity index (χ0) is 7.98. The minimum atomic E-state index is 0.549. The van der Waals surface area contributed by atoms with Gasteiger partial charge in [-0.05, 0) is 40.1 Å². The lowest BCUT2D eigenvalue weighted by Gasteiger charge is -2.19. The first-order valence-corrected chi connectivity index (χ1v) is 3.75. The summed E-state index contributed by atoms with van der Waals surface area (Å²) >= 11 is 0. The van der Waals surface area contributed by atoms with Crippen molar-refractivity contribution in [3.63, 3.8) is 0 Å². The predicted octanol–water partition coefficient (Wildman–Crippen LogP) is 2.76. The van der Waals surface area contributed by atoms with Crippen molar-refractivity contribution in [1.29, 1.82) is 0 Å². The normalized spacial score (nSPS) is 12.1. The number of hydrogen-bond acceptors (Lipinski definition) is 1. The van der Waals surface area contributed by atoms with E-state index in [9.17, 15) is 0 Å². The number of allylic oxidation sites excluding steroid dienone is 2. The van der Waals surface area contributed by atoms with E-state index in [0.717, 1.165) is 0 Å². The van der Waals surface area contributed by atoms with Crippen LogP contribution in [-0.2, 0) is 0 Å². The van der Waals surface area contributed by atoms with E-state index in [1.54, 1.807) is 0 Å². The highest BCUT2D eigenvalue weighted by molar-refractivity contribution is 4.90. The molecule has 0 aromatic heterocycles. The molecule has 10 heavy (non-hydrogen) atoms. The maximum Gasteiger partial charge on any atom is 0.0273 e. The Morgan fingerprint density at radius 1 is 1.00 bits per heavy atom. The van der Waals surface area contributed by atoms with Crippen LogP contribution in [0.25, 0.3) is 0 Å². The molecular formula is C9H17N. The summed E-state index contributed by atoms with van der Waals surface area (Å²) < 4.78 is 0. The van der Waals surface area contributed by atoms with Gasteiger partial charge in [-0.25, -0.2) is 0 Å². The summed E-state index contributed by atoms with van der Waals surface area (Å²) in [5.41, 5.74) is 0. The lowest BCUT2D eigenvalue weighted by Crippen LogP contribution is -2.18. The van der Waals surface area contributed by atoms with Crippen LogP contribution in [-0.4, -0.2) is 10.9 Å². The molecule has 0 aliphatic carbocycles. The van der Waals surface area contributed by atoms with Crippen molar-refractivity contribution < 1.29 is 0 Å². The van der Waals surface area contributed by atoms with Gasteiger partial charge < -0.3 is 4.90 Å². The van der Waals surface area contributed by atoms with Crippen molar-refractivity contribution in [3.05, 3.63) is 24.6 Å². The van der Waals surface area contributed by atoms with Gasteiger partial charge in [0.05, 0.1) is 0 Å². The first-order chi connectivity index (χ1) is 4.72. The molecule has 0 aromatic rings. The van der Waals surface area contributed by atoms with Gasteiger partial charge >= 0.3 is 0 Å². The molecule has 0 aliphatic heterocycles. The third-order valence-corrected chi connectivity index (χ3v) is 1.24. The molecular weight excluding hydrogens is 122 g/mol. The van der Waals surface area contributed by atoms with Gasteiger partial charge in [-0.2, -0.15) is 0 Å². The van der Waals surface area contributed by atoms with Crippen LogP contribution in [0.15, 0.2) is 24.6 Å². The number of rotatable bonds is 3. The molecule has 0 unspecified atom stereocenters. The SMILES string of the molecule is C/C=C\N(/C=C\C)C(C)C. The van der Waals surface area contributed by atoms with E-state index < -0.39 is 0 Å². The quantitative estimate of drug-likeness (QED) is 0.581. The third-order valence-electron chi connectivity index (χ3n) is 1.24. The van der Waals surface area contributed by atoms with Crippen molar-refractivity contribution in [3.8, 4) is 0 Å². The van der Waals surface area contributed by atoms with E-state index in [0.29, 0.717) is 6.04 Å². The summed E-state index contributed by atoms with van der Waals surface area (Å²) in [4.78, 5) is 2.17. The van der Waals surface area contributed by atoms with Crippen LogP contribution in [0.4, 0.5) is 0 Å². The van der Waals surface area contributed by atoms with Crippen LogP contribution in [0, 0.1) is 0 Å². The molecule has 0 saturated carbocycles. The average molecular weight is 139 g/mol. The zero-order valence-electron chi connectivity index (χ0n) is 7.33. The highest BCUT2D eigenvalue weighted by Crippen LogP contribution is 1.99. The Bertz CT molecular complexity index is 111. The number of nitrogens with zero attached hydrogens (tertiary/aromatic N) is 1. The Morgan fingerprint density at radius 3 is 1.60 bits per heavy atom. The number of hydrogen-bond donors (Lipinski definition) is 0. The Morgan fingerprint density at radius 2 is 1.40 bits per heavy atom. The van der Waals surface area contributed by atoms with Crippen LogP contribution < -0.4 is 0 Å². The molecule has 0 aliphatic rings. The molecule has 58 valence electrons. The van der Waals surface area contributed by atoms with E-state index in [1.165, 1.54) is 0 Å². The minimum Gasteiger partial charge on any atom is -0.352 e. The largest absolute Gasteiger partial charge is 0.352 e. The van der Waals surface area contributed by atoms with E-state index in [2.05, 4.69) is 31.1 Å². The first-order valence-electron chi connectivity index (χ1n) is 3.75. The fraction of sp³-hybridized carbons (Fsp3) is 0.556. The third kappa shape index (κ3) is 3.33. The molecule has 1 nitrogen and oxygen atoms in total. The zero-order valence-corrected chi connectivity index (χ0v) is 7.33. The average Bonchev–Trinajstić information content (AvgIpc) is 1.87. The van der Waals surface area contributed by atoms with Gasteiger partial charge in [-0.1, -0.05) is 12.2 Å². The Kier molecular flexibility index (Phi) is 4.73. The Hall–Kier alpha value is -0.720. The second kappa shape index (κ2) is 5.10. The van der Waals surface area contributed by atoms with E-state index >= 15 is 0 Å². The summed E-state index contributed by atoms with van der Waals surface area (Å²) in [6.07, 6.45) is 8.23. The van der Waals surface area contributed by atoms with Gasteiger partial charge in [0, 0.05) is 6.04 Å². The predicted molar refractivity (Wildman–Crippen MR) is 46.6 cm³/mol. The van der Waals surface area contributed by atoms with Gasteiger partial charge in [0.25, 0.3) is 0 Å². The van der Waals surface area contributed by atoms with Gasteiger partial charge in [0.15, 0.2) is 0 Å². The molecule has 0 saturated heterocycles. The van der Waals surface area contributed by atoms with Crippen LogP contribution >= 0.6 is 0 Å². The van der Waals surface area contributed by atoms with E-state index in [4.69, 9.17) is 0 Å². The molecule has 0 fully saturated rings. The van der Waals surface area contributed by atoms with Crippen molar-refractivity contribution in [2.24, 2.45) is 0 Å². The second-order valence-corrected chi connectivity index (χ2v) is 2.51. The van der Waals surface area contributed by atoms with Gasteiger partial charge in [-0.15, -0.1) is 0 Å². The highest BCUT2D eigenvalue weighted by Gasteiger charge is 1.96. The first kappa shape index (κ1) is 9.28. The molecule has 0 radical (unpaired) electrons. The van der Waals surface area contributed by atoms with Crippen molar-refractivity contribution in [1.82, 2.24) is 4.90 Å². The fourth-order valence-electron chi connectivity index (χ4n) is 0.738. The standard InChI is InChI=1S/C9H17N/c1-5-7-10(8-6-2)9(3)4/h5-9H,1-4H3/b7-5-,8-6-. The summed E-state index contributed by atoms with van der Waals surface area (Å²) in [5.74, 6) is 0. The maximum atomic E-state index is 2.17. The molecule has 0 N–H and O–H groups in total. The molecule has 0 bridgehead atoms. The van der Waals surface area contributed by atoms with Gasteiger partial charge in [0.2, 0.25) is 0 Å². The summed E-state index contributed by atoms with van der Waals surface area (Å²) in [6, 6.07) is 0.549. The molecule has 0 amide bonds. The lowest BCUT2D eigenvalue weighted by molar-refractivity contribution is 0.416. The van der Waals surface area contributed by atoms with Crippen LogP contribution in [0.1, 0.15) is 27.7 Å². The maximum absolute atomic E-state index is 2.17.